The minimum Gasteiger partial charge on any atom is -0.494 e. The quantitative estimate of drug-likeness (QED) is 0.784. The fraction of sp³-hybridized carbons (Fsp3) is 0.412. The zero-order valence-electron chi connectivity index (χ0n) is 12.3. The van der Waals surface area contributed by atoms with Crippen LogP contribution in [0.5, 0.6) is 5.75 Å². The van der Waals surface area contributed by atoms with Crippen molar-refractivity contribution >= 4 is 0 Å². The van der Waals surface area contributed by atoms with Gasteiger partial charge in [0, 0.05) is 0 Å². The number of hydrogen-bond acceptors (Lipinski definition) is 3. The average Bonchev–Trinajstić information content (AvgIpc) is 3.01. The van der Waals surface area contributed by atoms with Crippen molar-refractivity contribution in [2.75, 3.05) is 13.2 Å². The Labute approximate surface area is 121 Å². The van der Waals surface area contributed by atoms with Crippen LogP contribution in [-0.2, 0) is 0 Å². The number of hydrogen-bond donors (Lipinski definition) is 1. The molecule has 0 amide bonds. The molecule has 1 heterocycles. The maximum Gasteiger partial charge on any atom is 0.125 e. The van der Waals surface area contributed by atoms with Gasteiger partial charge in [-0.25, -0.2) is 0 Å². The largest absolute Gasteiger partial charge is 0.494 e. The first-order valence-corrected chi connectivity index (χ1v) is 7.34. The molecule has 3 nitrogen and oxygen atoms in total. The van der Waals surface area contributed by atoms with Crippen molar-refractivity contribution in [3.63, 3.8) is 0 Å². The van der Waals surface area contributed by atoms with Gasteiger partial charge in [0.05, 0.1) is 18.9 Å². The van der Waals surface area contributed by atoms with Crippen LogP contribution in [0.4, 0.5) is 0 Å². The van der Waals surface area contributed by atoms with E-state index in [1.807, 2.05) is 24.3 Å². The van der Waals surface area contributed by atoms with Crippen LogP contribution < -0.4 is 10.1 Å². The molecule has 1 aromatic heterocycles. The van der Waals surface area contributed by atoms with Crippen molar-refractivity contribution in [1.82, 2.24) is 5.32 Å². The van der Waals surface area contributed by atoms with Crippen LogP contribution in [0.3, 0.4) is 0 Å². The van der Waals surface area contributed by atoms with Crippen LogP contribution in [0, 0.1) is 0 Å². The molecule has 108 valence electrons. The second-order valence-corrected chi connectivity index (χ2v) is 4.82. The fourth-order valence-electron chi connectivity index (χ4n) is 2.10. The first-order valence-electron chi connectivity index (χ1n) is 7.34. The van der Waals surface area contributed by atoms with Crippen molar-refractivity contribution in [3.05, 3.63) is 54.0 Å². The molecule has 0 saturated carbocycles. The molecule has 20 heavy (non-hydrogen) atoms. The Bertz CT molecular complexity index is 476. The molecule has 1 unspecified atom stereocenters. The topological polar surface area (TPSA) is 34.4 Å². The normalized spacial score (nSPS) is 12.3. The first-order chi connectivity index (χ1) is 9.85. The third kappa shape index (κ3) is 3.87. The Morgan fingerprint density at radius 1 is 1.10 bits per heavy atom. The van der Waals surface area contributed by atoms with Gasteiger partial charge in [-0.05, 0) is 49.2 Å². The van der Waals surface area contributed by atoms with Gasteiger partial charge < -0.3 is 14.5 Å². The van der Waals surface area contributed by atoms with Crippen LogP contribution >= 0.6 is 0 Å². The minimum atomic E-state index is 0.102. The molecule has 0 fully saturated rings. The van der Waals surface area contributed by atoms with E-state index in [-0.39, 0.29) is 6.04 Å². The standard InChI is InChI=1S/C17H23NO2/c1-3-11-18-17(16-6-5-13-20-16)14-7-9-15(10-8-14)19-12-4-2/h5-10,13,17-18H,3-4,11-12H2,1-2H3. The van der Waals surface area contributed by atoms with Gasteiger partial charge in [-0.1, -0.05) is 26.0 Å². The number of rotatable bonds is 8. The molecule has 0 aliphatic carbocycles. The van der Waals surface area contributed by atoms with Crippen LogP contribution in [0.2, 0.25) is 0 Å². The summed E-state index contributed by atoms with van der Waals surface area (Å²) >= 11 is 0. The number of nitrogens with one attached hydrogen (secondary N) is 1. The van der Waals surface area contributed by atoms with E-state index in [0.717, 1.165) is 37.5 Å². The number of ether oxygens (including phenoxy) is 1. The third-order valence-corrected chi connectivity index (χ3v) is 3.11. The van der Waals surface area contributed by atoms with E-state index in [1.165, 1.54) is 5.56 Å². The van der Waals surface area contributed by atoms with Crippen molar-refractivity contribution in [3.8, 4) is 5.75 Å². The summed E-state index contributed by atoms with van der Waals surface area (Å²) in [5.74, 6) is 1.87. The Morgan fingerprint density at radius 3 is 2.50 bits per heavy atom. The summed E-state index contributed by atoms with van der Waals surface area (Å²) in [4.78, 5) is 0. The van der Waals surface area contributed by atoms with E-state index >= 15 is 0 Å². The highest BCUT2D eigenvalue weighted by Gasteiger charge is 2.15. The first kappa shape index (κ1) is 14.7. The molecule has 0 radical (unpaired) electrons. The predicted octanol–water partition coefficient (Wildman–Crippen LogP) is 4.16. The Hall–Kier alpha value is -1.74. The predicted molar refractivity (Wildman–Crippen MR) is 81.1 cm³/mol. The van der Waals surface area contributed by atoms with E-state index in [2.05, 4.69) is 31.3 Å². The van der Waals surface area contributed by atoms with Crippen molar-refractivity contribution in [2.45, 2.75) is 32.7 Å². The third-order valence-electron chi connectivity index (χ3n) is 3.11. The van der Waals surface area contributed by atoms with Crippen molar-refractivity contribution < 1.29 is 9.15 Å². The van der Waals surface area contributed by atoms with E-state index in [4.69, 9.17) is 9.15 Å². The van der Waals surface area contributed by atoms with E-state index < -0.39 is 0 Å². The molecule has 0 bridgehead atoms. The van der Waals surface area contributed by atoms with Gasteiger partial charge in [-0.15, -0.1) is 0 Å². The second kappa shape index (κ2) is 7.75. The van der Waals surface area contributed by atoms with Gasteiger partial charge in [-0.3, -0.25) is 0 Å². The van der Waals surface area contributed by atoms with Crippen LogP contribution in [0.25, 0.3) is 0 Å². The zero-order valence-corrected chi connectivity index (χ0v) is 12.3. The summed E-state index contributed by atoms with van der Waals surface area (Å²) in [6, 6.07) is 12.3. The fourth-order valence-corrected chi connectivity index (χ4v) is 2.10. The van der Waals surface area contributed by atoms with Gasteiger partial charge >= 0.3 is 0 Å². The molecule has 0 aliphatic heterocycles. The lowest BCUT2D eigenvalue weighted by atomic mass is 10.0. The summed E-state index contributed by atoms with van der Waals surface area (Å²) in [5, 5.41) is 3.52. The van der Waals surface area contributed by atoms with E-state index in [0.29, 0.717) is 0 Å². The van der Waals surface area contributed by atoms with Crippen LogP contribution in [0.1, 0.15) is 44.1 Å². The van der Waals surface area contributed by atoms with Gasteiger partial charge in [-0.2, -0.15) is 0 Å². The molecule has 2 aromatic rings. The molecular weight excluding hydrogens is 250 g/mol. The van der Waals surface area contributed by atoms with Gasteiger partial charge in [0.15, 0.2) is 0 Å². The molecule has 0 spiro atoms. The molecule has 0 saturated heterocycles. The highest BCUT2D eigenvalue weighted by molar-refractivity contribution is 5.32. The van der Waals surface area contributed by atoms with Gasteiger partial charge in [0.25, 0.3) is 0 Å². The zero-order chi connectivity index (χ0) is 14.2. The van der Waals surface area contributed by atoms with Crippen molar-refractivity contribution in [1.29, 1.82) is 0 Å². The molecule has 1 atom stereocenters. The SMILES string of the molecule is CCCNC(c1ccc(OCCC)cc1)c1ccco1. The van der Waals surface area contributed by atoms with Gasteiger partial charge in [0.1, 0.15) is 11.5 Å². The van der Waals surface area contributed by atoms with Crippen LogP contribution in [-0.4, -0.2) is 13.2 Å². The molecule has 2 rings (SSSR count). The molecule has 1 aromatic carbocycles. The summed E-state index contributed by atoms with van der Waals surface area (Å²) in [6.45, 7) is 5.98. The molecule has 0 aliphatic rings. The Balaban J connectivity index is 2.12. The lowest BCUT2D eigenvalue weighted by Crippen LogP contribution is -2.22. The monoisotopic (exact) mass is 273 g/mol. The van der Waals surface area contributed by atoms with Crippen molar-refractivity contribution in [2.24, 2.45) is 0 Å². The lowest BCUT2D eigenvalue weighted by molar-refractivity contribution is 0.317. The Morgan fingerprint density at radius 2 is 1.90 bits per heavy atom. The molecular formula is C17H23NO2. The minimum absolute atomic E-state index is 0.102. The highest BCUT2D eigenvalue weighted by atomic mass is 16.5. The average molecular weight is 273 g/mol. The number of furan rings is 1. The Kier molecular flexibility index (Phi) is 5.69. The summed E-state index contributed by atoms with van der Waals surface area (Å²) in [5.41, 5.74) is 1.19. The maximum absolute atomic E-state index is 5.62. The summed E-state index contributed by atoms with van der Waals surface area (Å²) in [6.07, 6.45) is 3.83. The summed E-state index contributed by atoms with van der Waals surface area (Å²) < 4.78 is 11.2. The smallest absolute Gasteiger partial charge is 0.125 e. The van der Waals surface area contributed by atoms with Crippen LogP contribution in [0.15, 0.2) is 47.1 Å². The van der Waals surface area contributed by atoms with Gasteiger partial charge in [0.2, 0.25) is 0 Å². The number of benzene rings is 1. The summed E-state index contributed by atoms with van der Waals surface area (Å²) in [7, 11) is 0. The maximum atomic E-state index is 5.62. The lowest BCUT2D eigenvalue weighted by Gasteiger charge is -2.17. The second-order valence-electron chi connectivity index (χ2n) is 4.82. The van der Waals surface area contributed by atoms with E-state index in [9.17, 15) is 0 Å². The molecule has 3 heteroatoms. The molecule has 1 N–H and O–H groups in total. The highest BCUT2D eigenvalue weighted by Crippen LogP contribution is 2.24. The van der Waals surface area contributed by atoms with E-state index in [1.54, 1.807) is 6.26 Å².